The lowest BCUT2D eigenvalue weighted by molar-refractivity contribution is -0.121. The quantitative estimate of drug-likeness (QED) is 0.653. The summed E-state index contributed by atoms with van der Waals surface area (Å²) in [7, 11) is 0. The van der Waals surface area contributed by atoms with Gasteiger partial charge >= 0.3 is 0 Å². The Morgan fingerprint density at radius 2 is 1.93 bits per heavy atom. The molecule has 0 saturated carbocycles. The molecule has 1 aliphatic heterocycles. The highest BCUT2D eigenvalue weighted by Gasteiger charge is 2.18. The molecule has 2 aromatic carbocycles. The minimum absolute atomic E-state index is 0.135. The van der Waals surface area contributed by atoms with Crippen molar-refractivity contribution < 1.29 is 23.1 Å². The fraction of sp³-hybridized carbons (Fsp3) is 0.286. The van der Waals surface area contributed by atoms with Gasteiger partial charge in [0.15, 0.2) is 11.5 Å². The van der Waals surface area contributed by atoms with Gasteiger partial charge in [-0.25, -0.2) is 4.39 Å². The minimum Gasteiger partial charge on any atom is -0.454 e. The molecule has 29 heavy (non-hydrogen) atoms. The molecular formula is C21H20FN3O4. The van der Waals surface area contributed by atoms with Crippen molar-refractivity contribution in [3.8, 4) is 23.0 Å². The van der Waals surface area contributed by atoms with Crippen LogP contribution in [0.2, 0.25) is 0 Å². The smallest absolute Gasteiger partial charge is 0.247 e. The first-order valence-corrected chi connectivity index (χ1v) is 9.39. The average molecular weight is 397 g/mol. The van der Waals surface area contributed by atoms with Gasteiger partial charge in [-0.3, -0.25) is 4.79 Å². The lowest BCUT2D eigenvalue weighted by Gasteiger charge is -2.17. The Morgan fingerprint density at radius 1 is 1.14 bits per heavy atom. The van der Waals surface area contributed by atoms with E-state index in [-0.39, 0.29) is 31.0 Å². The number of aryl methyl sites for hydroxylation is 1. The first-order chi connectivity index (χ1) is 14.1. The Bertz CT molecular complexity index is 1000. The topological polar surface area (TPSA) is 86.5 Å². The Hall–Kier alpha value is -3.42. The zero-order valence-corrected chi connectivity index (χ0v) is 15.9. The molecular weight excluding hydrogens is 377 g/mol. The molecule has 0 spiro atoms. The molecule has 7 nitrogen and oxygen atoms in total. The van der Waals surface area contributed by atoms with Crippen molar-refractivity contribution in [3.63, 3.8) is 0 Å². The second kappa shape index (κ2) is 8.30. The van der Waals surface area contributed by atoms with Crippen molar-refractivity contribution in [1.82, 2.24) is 15.5 Å². The maximum absolute atomic E-state index is 13.1. The number of halogens is 1. The number of carbonyl (C=O) groups is 1. The number of nitrogens with zero attached hydrogens (tertiary/aromatic N) is 2. The molecule has 1 atom stereocenters. The van der Waals surface area contributed by atoms with E-state index >= 15 is 0 Å². The number of ether oxygens (including phenoxy) is 2. The van der Waals surface area contributed by atoms with Crippen LogP contribution in [0.15, 0.2) is 46.9 Å². The van der Waals surface area contributed by atoms with E-state index in [1.54, 1.807) is 24.3 Å². The summed E-state index contributed by atoms with van der Waals surface area (Å²) in [5, 5.41) is 11.0. The summed E-state index contributed by atoms with van der Waals surface area (Å²) in [4.78, 5) is 12.3. The van der Waals surface area contributed by atoms with Crippen LogP contribution in [0.3, 0.4) is 0 Å². The summed E-state index contributed by atoms with van der Waals surface area (Å²) in [6.45, 7) is 2.16. The van der Waals surface area contributed by atoms with Gasteiger partial charge in [-0.15, -0.1) is 10.2 Å². The number of amides is 1. The average Bonchev–Trinajstić information content (AvgIpc) is 3.40. The van der Waals surface area contributed by atoms with Gasteiger partial charge < -0.3 is 19.2 Å². The highest BCUT2D eigenvalue weighted by atomic mass is 19.1. The number of benzene rings is 2. The molecule has 150 valence electrons. The molecule has 0 unspecified atom stereocenters. The van der Waals surface area contributed by atoms with Crippen LogP contribution in [-0.2, 0) is 11.2 Å². The number of carbonyl (C=O) groups excluding carboxylic acids is 1. The molecule has 2 heterocycles. The van der Waals surface area contributed by atoms with E-state index in [1.807, 2.05) is 13.0 Å². The maximum Gasteiger partial charge on any atom is 0.247 e. The molecule has 1 aromatic heterocycles. The number of aromatic nitrogens is 2. The van der Waals surface area contributed by atoms with Crippen LogP contribution in [0.1, 0.15) is 37.3 Å². The van der Waals surface area contributed by atoms with Crippen LogP contribution in [-0.4, -0.2) is 22.9 Å². The second-order valence-corrected chi connectivity index (χ2v) is 6.65. The molecule has 0 bridgehead atoms. The van der Waals surface area contributed by atoms with Gasteiger partial charge in [-0.1, -0.05) is 19.1 Å². The Kier molecular flexibility index (Phi) is 5.41. The van der Waals surface area contributed by atoms with Crippen molar-refractivity contribution in [2.45, 2.75) is 32.2 Å². The number of rotatable bonds is 7. The highest BCUT2D eigenvalue weighted by Crippen LogP contribution is 2.35. The van der Waals surface area contributed by atoms with Crippen LogP contribution in [0.4, 0.5) is 4.39 Å². The molecule has 1 aliphatic rings. The zero-order valence-electron chi connectivity index (χ0n) is 15.9. The molecule has 8 heteroatoms. The molecule has 0 aliphatic carbocycles. The van der Waals surface area contributed by atoms with Crippen molar-refractivity contribution in [2.75, 3.05) is 6.79 Å². The van der Waals surface area contributed by atoms with E-state index in [0.29, 0.717) is 36.1 Å². The van der Waals surface area contributed by atoms with Gasteiger partial charge in [0.05, 0.1) is 6.04 Å². The van der Waals surface area contributed by atoms with Gasteiger partial charge in [-0.2, -0.15) is 0 Å². The summed E-state index contributed by atoms with van der Waals surface area (Å²) < 4.78 is 29.4. The van der Waals surface area contributed by atoms with Gasteiger partial charge in [0, 0.05) is 18.4 Å². The Labute approximate surface area is 166 Å². The largest absolute Gasteiger partial charge is 0.454 e. The predicted octanol–water partition coefficient (Wildman–Crippen LogP) is 3.80. The number of fused-ring (bicyclic) bond motifs is 1. The van der Waals surface area contributed by atoms with Crippen LogP contribution in [0.5, 0.6) is 11.5 Å². The van der Waals surface area contributed by atoms with E-state index in [4.69, 9.17) is 13.9 Å². The normalized spacial score (nSPS) is 13.3. The van der Waals surface area contributed by atoms with Gasteiger partial charge in [0.1, 0.15) is 5.82 Å². The van der Waals surface area contributed by atoms with Gasteiger partial charge in [-0.05, 0) is 42.3 Å². The Morgan fingerprint density at radius 3 is 2.72 bits per heavy atom. The van der Waals surface area contributed by atoms with Crippen LogP contribution in [0.25, 0.3) is 11.5 Å². The molecule has 0 fully saturated rings. The third kappa shape index (κ3) is 4.37. The summed E-state index contributed by atoms with van der Waals surface area (Å²) in [6.07, 6.45) is 1.23. The number of nitrogens with one attached hydrogen (secondary N) is 1. The standard InChI is InChI=1S/C21H20FN3O4/c1-2-16(13-3-6-15(22)7-4-13)23-19(26)9-10-20-24-25-21(29-20)14-5-8-17-18(11-14)28-12-27-17/h3-8,11,16H,2,9-10,12H2,1H3,(H,23,26)/t16-/m1/s1. The predicted molar refractivity (Wildman–Crippen MR) is 102 cm³/mol. The molecule has 0 radical (unpaired) electrons. The van der Waals surface area contributed by atoms with E-state index in [0.717, 1.165) is 11.1 Å². The van der Waals surface area contributed by atoms with Crippen molar-refractivity contribution in [2.24, 2.45) is 0 Å². The summed E-state index contributed by atoms with van der Waals surface area (Å²) in [5.74, 6) is 1.61. The summed E-state index contributed by atoms with van der Waals surface area (Å²) in [6, 6.07) is 11.3. The molecule has 1 amide bonds. The fourth-order valence-corrected chi connectivity index (χ4v) is 3.10. The number of hydrogen-bond donors (Lipinski definition) is 1. The van der Waals surface area contributed by atoms with E-state index in [1.165, 1.54) is 12.1 Å². The van der Waals surface area contributed by atoms with E-state index in [2.05, 4.69) is 15.5 Å². The van der Waals surface area contributed by atoms with E-state index in [9.17, 15) is 9.18 Å². The SMILES string of the molecule is CC[C@@H](NC(=O)CCc1nnc(-c2ccc3c(c2)OCO3)o1)c1ccc(F)cc1. The first kappa shape index (κ1) is 18.9. The summed E-state index contributed by atoms with van der Waals surface area (Å²) in [5.41, 5.74) is 1.59. The van der Waals surface area contributed by atoms with Crippen molar-refractivity contribution in [1.29, 1.82) is 0 Å². The van der Waals surface area contributed by atoms with Crippen molar-refractivity contribution >= 4 is 5.91 Å². The number of hydrogen-bond acceptors (Lipinski definition) is 6. The lowest BCUT2D eigenvalue weighted by Crippen LogP contribution is -2.28. The zero-order chi connectivity index (χ0) is 20.2. The van der Waals surface area contributed by atoms with Gasteiger partial charge in [0.2, 0.25) is 24.5 Å². The van der Waals surface area contributed by atoms with Crippen LogP contribution in [0, 0.1) is 5.82 Å². The third-order valence-corrected chi connectivity index (χ3v) is 4.67. The van der Waals surface area contributed by atoms with Crippen molar-refractivity contribution in [3.05, 3.63) is 59.7 Å². The maximum atomic E-state index is 13.1. The molecule has 1 N–H and O–H groups in total. The van der Waals surface area contributed by atoms with Crippen LogP contribution < -0.4 is 14.8 Å². The van der Waals surface area contributed by atoms with E-state index < -0.39 is 0 Å². The molecule has 4 rings (SSSR count). The summed E-state index contributed by atoms with van der Waals surface area (Å²) >= 11 is 0. The fourth-order valence-electron chi connectivity index (χ4n) is 3.10. The minimum atomic E-state index is -0.301. The van der Waals surface area contributed by atoms with Gasteiger partial charge in [0.25, 0.3) is 0 Å². The van der Waals surface area contributed by atoms with Crippen LogP contribution >= 0.6 is 0 Å². The Balaban J connectivity index is 1.34. The second-order valence-electron chi connectivity index (χ2n) is 6.65. The molecule has 0 saturated heterocycles. The first-order valence-electron chi connectivity index (χ1n) is 9.39. The molecule has 3 aromatic rings. The third-order valence-electron chi connectivity index (χ3n) is 4.67. The highest BCUT2D eigenvalue weighted by molar-refractivity contribution is 5.76. The lowest BCUT2D eigenvalue weighted by atomic mass is 10.0. The monoisotopic (exact) mass is 397 g/mol.